The van der Waals surface area contributed by atoms with Crippen LogP contribution in [0.2, 0.25) is 0 Å². The summed E-state index contributed by atoms with van der Waals surface area (Å²) in [6, 6.07) is 0. The van der Waals surface area contributed by atoms with Crippen molar-refractivity contribution in [2.75, 3.05) is 6.54 Å². The summed E-state index contributed by atoms with van der Waals surface area (Å²) >= 11 is 0. The van der Waals surface area contributed by atoms with E-state index in [1.54, 1.807) is 11.9 Å². The first-order valence-corrected chi connectivity index (χ1v) is 5.81. The molecule has 1 heterocycles. The fraction of sp³-hybridized carbons (Fsp3) is 0.583. The SMILES string of the molecule is C1=C(CCNCc2cnc[nH]2)CCCC1. The lowest BCUT2D eigenvalue weighted by atomic mass is 9.97. The molecule has 2 N–H and O–H groups in total. The highest BCUT2D eigenvalue weighted by atomic mass is 14.9. The topological polar surface area (TPSA) is 40.7 Å². The standard InChI is InChI=1S/C12H19N3/c1-2-4-11(5-3-1)6-7-13-8-12-9-14-10-15-12/h4,9-10,13H,1-3,5-8H2,(H,14,15). The molecule has 0 saturated heterocycles. The Bertz CT molecular complexity index is 301. The molecule has 2 rings (SSSR count). The van der Waals surface area contributed by atoms with E-state index in [9.17, 15) is 0 Å². The van der Waals surface area contributed by atoms with Crippen molar-refractivity contribution >= 4 is 0 Å². The van der Waals surface area contributed by atoms with Gasteiger partial charge < -0.3 is 10.3 Å². The fourth-order valence-electron chi connectivity index (χ4n) is 1.99. The third kappa shape index (κ3) is 3.51. The van der Waals surface area contributed by atoms with E-state index < -0.39 is 0 Å². The molecule has 3 nitrogen and oxygen atoms in total. The Morgan fingerprint density at radius 1 is 1.40 bits per heavy atom. The number of nitrogens with zero attached hydrogens (tertiary/aromatic N) is 1. The lowest BCUT2D eigenvalue weighted by Crippen LogP contribution is -2.15. The minimum atomic E-state index is 0.896. The Hall–Kier alpha value is -1.09. The maximum atomic E-state index is 3.98. The van der Waals surface area contributed by atoms with Crippen molar-refractivity contribution in [3.05, 3.63) is 29.9 Å². The van der Waals surface area contributed by atoms with Crippen molar-refractivity contribution in [2.24, 2.45) is 0 Å². The van der Waals surface area contributed by atoms with E-state index in [2.05, 4.69) is 21.4 Å². The van der Waals surface area contributed by atoms with Crippen LogP contribution < -0.4 is 5.32 Å². The highest BCUT2D eigenvalue weighted by molar-refractivity contribution is 5.05. The van der Waals surface area contributed by atoms with Crippen LogP contribution in [0.1, 0.15) is 37.8 Å². The maximum absolute atomic E-state index is 3.98. The number of aromatic amines is 1. The molecule has 0 amide bonds. The number of imidazole rings is 1. The first-order valence-electron chi connectivity index (χ1n) is 5.81. The molecule has 0 atom stereocenters. The molecule has 1 aliphatic rings. The molecule has 0 unspecified atom stereocenters. The molecule has 1 aliphatic carbocycles. The van der Waals surface area contributed by atoms with Gasteiger partial charge in [0.05, 0.1) is 6.33 Å². The quantitative estimate of drug-likeness (QED) is 0.572. The third-order valence-corrected chi connectivity index (χ3v) is 2.88. The molecule has 1 aromatic heterocycles. The van der Waals surface area contributed by atoms with Gasteiger partial charge in [0, 0.05) is 18.4 Å². The van der Waals surface area contributed by atoms with E-state index in [4.69, 9.17) is 0 Å². The summed E-state index contributed by atoms with van der Waals surface area (Å²) < 4.78 is 0. The van der Waals surface area contributed by atoms with Gasteiger partial charge in [-0.1, -0.05) is 11.6 Å². The molecular formula is C12H19N3. The molecule has 82 valence electrons. The van der Waals surface area contributed by atoms with Gasteiger partial charge in [-0.05, 0) is 38.6 Å². The van der Waals surface area contributed by atoms with Crippen LogP contribution in [-0.4, -0.2) is 16.5 Å². The minimum absolute atomic E-state index is 0.896. The van der Waals surface area contributed by atoms with Gasteiger partial charge in [-0.2, -0.15) is 0 Å². The lowest BCUT2D eigenvalue weighted by Gasteiger charge is -2.12. The van der Waals surface area contributed by atoms with Crippen molar-refractivity contribution in [3.8, 4) is 0 Å². The summed E-state index contributed by atoms with van der Waals surface area (Å²) in [5, 5.41) is 3.42. The zero-order valence-electron chi connectivity index (χ0n) is 9.13. The van der Waals surface area contributed by atoms with E-state index in [-0.39, 0.29) is 0 Å². The number of nitrogens with one attached hydrogen (secondary N) is 2. The molecule has 0 radical (unpaired) electrons. The highest BCUT2D eigenvalue weighted by Crippen LogP contribution is 2.19. The van der Waals surface area contributed by atoms with Crippen LogP contribution in [0.4, 0.5) is 0 Å². The largest absolute Gasteiger partial charge is 0.347 e. The summed E-state index contributed by atoms with van der Waals surface area (Å²) in [5.74, 6) is 0. The monoisotopic (exact) mass is 205 g/mol. The Balaban J connectivity index is 1.60. The van der Waals surface area contributed by atoms with Crippen LogP contribution in [-0.2, 0) is 6.54 Å². The predicted molar refractivity (Wildman–Crippen MR) is 61.5 cm³/mol. The van der Waals surface area contributed by atoms with Crippen molar-refractivity contribution in [1.29, 1.82) is 0 Å². The summed E-state index contributed by atoms with van der Waals surface area (Å²) in [6.07, 6.45) is 12.6. The second kappa shape index (κ2) is 5.71. The van der Waals surface area contributed by atoms with E-state index in [0.717, 1.165) is 18.8 Å². The molecule has 1 aromatic rings. The number of aromatic nitrogens is 2. The molecule has 0 fully saturated rings. The Morgan fingerprint density at radius 2 is 2.40 bits per heavy atom. The summed E-state index contributed by atoms with van der Waals surface area (Å²) in [6.45, 7) is 1.97. The number of hydrogen-bond acceptors (Lipinski definition) is 2. The summed E-state index contributed by atoms with van der Waals surface area (Å²) in [7, 11) is 0. The molecule has 0 spiro atoms. The van der Waals surface area contributed by atoms with Crippen LogP contribution in [0.25, 0.3) is 0 Å². The molecule has 0 aliphatic heterocycles. The number of rotatable bonds is 5. The number of allylic oxidation sites excluding steroid dienone is 1. The van der Waals surface area contributed by atoms with Crippen molar-refractivity contribution < 1.29 is 0 Å². The smallest absolute Gasteiger partial charge is 0.0922 e. The minimum Gasteiger partial charge on any atom is -0.347 e. The molecule has 0 saturated carbocycles. The number of hydrogen-bond donors (Lipinski definition) is 2. The van der Waals surface area contributed by atoms with E-state index in [0.29, 0.717) is 0 Å². The van der Waals surface area contributed by atoms with Crippen LogP contribution in [0.5, 0.6) is 0 Å². The van der Waals surface area contributed by atoms with Crippen LogP contribution in [0.15, 0.2) is 24.2 Å². The van der Waals surface area contributed by atoms with Gasteiger partial charge in [0.2, 0.25) is 0 Å². The van der Waals surface area contributed by atoms with Crippen LogP contribution in [0.3, 0.4) is 0 Å². The third-order valence-electron chi connectivity index (χ3n) is 2.88. The second-order valence-electron chi connectivity index (χ2n) is 4.11. The van der Waals surface area contributed by atoms with Gasteiger partial charge in [-0.25, -0.2) is 4.98 Å². The van der Waals surface area contributed by atoms with Crippen molar-refractivity contribution in [3.63, 3.8) is 0 Å². The van der Waals surface area contributed by atoms with E-state index in [1.807, 2.05) is 6.20 Å². The molecule has 15 heavy (non-hydrogen) atoms. The zero-order valence-corrected chi connectivity index (χ0v) is 9.13. The average Bonchev–Trinajstić information content (AvgIpc) is 2.79. The second-order valence-corrected chi connectivity index (χ2v) is 4.11. The first-order chi connectivity index (χ1) is 7.45. The molecular weight excluding hydrogens is 186 g/mol. The van der Waals surface area contributed by atoms with Gasteiger partial charge >= 0.3 is 0 Å². The van der Waals surface area contributed by atoms with Crippen LogP contribution in [0, 0.1) is 0 Å². The van der Waals surface area contributed by atoms with Crippen LogP contribution >= 0.6 is 0 Å². The van der Waals surface area contributed by atoms with Gasteiger partial charge in [-0.3, -0.25) is 0 Å². The zero-order chi connectivity index (χ0) is 10.3. The van der Waals surface area contributed by atoms with Gasteiger partial charge in [-0.15, -0.1) is 0 Å². The van der Waals surface area contributed by atoms with Gasteiger partial charge in [0.25, 0.3) is 0 Å². The van der Waals surface area contributed by atoms with Gasteiger partial charge in [0.1, 0.15) is 0 Å². The highest BCUT2D eigenvalue weighted by Gasteiger charge is 2.02. The maximum Gasteiger partial charge on any atom is 0.0922 e. The normalized spacial score (nSPS) is 16.4. The first kappa shape index (κ1) is 10.4. The molecule has 0 bridgehead atoms. The fourth-order valence-corrected chi connectivity index (χ4v) is 1.99. The van der Waals surface area contributed by atoms with Gasteiger partial charge in [0.15, 0.2) is 0 Å². The van der Waals surface area contributed by atoms with E-state index in [1.165, 1.54) is 32.1 Å². The molecule has 0 aromatic carbocycles. The average molecular weight is 205 g/mol. The van der Waals surface area contributed by atoms with Crippen molar-refractivity contribution in [1.82, 2.24) is 15.3 Å². The number of H-pyrrole nitrogens is 1. The van der Waals surface area contributed by atoms with E-state index >= 15 is 0 Å². The summed E-state index contributed by atoms with van der Waals surface area (Å²) in [5.41, 5.74) is 2.80. The van der Waals surface area contributed by atoms with Crippen molar-refractivity contribution in [2.45, 2.75) is 38.6 Å². The summed E-state index contributed by atoms with van der Waals surface area (Å²) in [4.78, 5) is 7.07. The Morgan fingerprint density at radius 3 is 3.13 bits per heavy atom. The molecule has 3 heteroatoms. The predicted octanol–water partition coefficient (Wildman–Crippen LogP) is 2.39. The lowest BCUT2D eigenvalue weighted by molar-refractivity contribution is 0.628. The Kier molecular flexibility index (Phi) is 3.97. The Labute approximate surface area is 91.0 Å².